The Hall–Kier alpha value is -0.810. The van der Waals surface area contributed by atoms with E-state index in [-0.39, 0.29) is 18.2 Å². The van der Waals surface area contributed by atoms with Gasteiger partial charge < -0.3 is 14.6 Å². The maximum atomic E-state index is 12.0. The summed E-state index contributed by atoms with van der Waals surface area (Å²) in [6.07, 6.45) is -0.347. The van der Waals surface area contributed by atoms with E-state index in [1.807, 2.05) is 20.8 Å². The van der Waals surface area contributed by atoms with E-state index in [0.29, 0.717) is 13.0 Å². The van der Waals surface area contributed by atoms with Gasteiger partial charge in [0.15, 0.2) is 0 Å². The highest BCUT2D eigenvalue weighted by Crippen LogP contribution is 2.24. The lowest BCUT2D eigenvalue weighted by molar-refractivity contribution is 0.00695. The number of rotatable bonds is 2. The number of ether oxygens (including phenoxy) is 2. The Morgan fingerprint density at radius 3 is 2.47 bits per heavy atom. The molecule has 1 heterocycles. The Kier molecular flexibility index (Phi) is 4.38. The molecule has 3 unspecified atom stereocenters. The fourth-order valence-electron chi connectivity index (χ4n) is 1.98. The van der Waals surface area contributed by atoms with E-state index in [1.165, 1.54) is 0 Å². The molecule has 3 atom stereocenters. The highest BCUT2D eigenvalue weighted by Gasteiger charge is 2.39. The van der Waals surface area contributed by atoms with Crippen LogP contribution in [0, 0.1) is 0 Å². The number of methoxy groups -OCH3 is 1. The average Bonchev–Trinajstić information content (AvgIpc) is 2.58. The SMILES string of the molecule is COC1CC(C(C)O)N(C(=O)OC(C)(C)C)C1. The van der Waals surface area contributed by atoms with Crippen LogP contribution in [-0.2, 0) is 9.47 Å². The monoisotopic (exact) mass is 245 g/mol. The van der Waals surface area contributed by atoms with E-state index in [2.05, 4.69) is 0 Å². The molecule has 17 heavy (non-hydrogen) atoms. The van der Waals surface area contributed by atoms with Crippen LogP contribution in [-0.4, -0.2) is 53.6 Å². The van der Waals surface area contributed by atoms with Gasteiger partial charge >= 0.3 is 6.09 Å². The van der Waals surface area contributed by atoms with Crippen molar-refractivity contribution in [2.24, 2.45) is 0 Å². The fourth-order valence-corrected chi connectivity index (χ4v) is 1.98. The smallest absolute Gasteiger partial charge is 0.410 e. The Morgan fingerprint density at radius 2 is 2.06 bits per heavy atom. The third kappa shape index (κ3) is 3.85. The Morgan fingerprint density at radius 1 is 1.47 bits per heavy atom. The molecule has 0 saturated carbocycles. The molecule has 100 valence electrons. The van der Waals surface area contributed by atoms with Crippen LogP contribution >= 0.6 is 0 Å². The highest BCUT2D eigenvalue weighted by atomic mass is 16.6. The second-order valence-corrected chi connectivity index (χ2v) is 5.53. The van der Waals surface area contributed by atoms with Crippen LogP contribution in [0.3, 0.4) is 0 Å². The first-order chi connectivity index (χ1) is 7.74. The first-order valence-corrected chi connectivity index (χ1v) is 5.95. The van der Waals surface area contributed by atoms with Crippen molar-refractivity contribution in [3.8, 4) is 0 Å². The van der Waals surface area contributed by atoms with Crippen molar-refractivity contribution in [1.29, 1.82) is 0 Å². The summed E-state index contributed by atoms with van der Waals surface area (Å²) in [5, 5.41) is 9.68. The van der Waals surface area contributed by atoms with Gasteiger partial charge in [-0.05, 0) is 34.1 Å². The first-order valence-electron chi connectivity index (χ1n) is 5.95. The number of aliphatic hydroxyl groups is 1. The van der Waals surface area contributed by atoms with Crippen LogP contribution in [0.1, 0.15) is 34.1 Å². The van der Waals surface area contributed by atoms with E-state index in [0.717, 1.165) is 0 Å². The summed E-state index contributed by atoms with van der Waals surface area (Å²) in [4.78, 5) is 13.5. The number of aliphatic hydroxyl groups excluding tert-OH is 1. The normalized spacial score (nSPS) is 27.1. The number of hydrogen-bond acceptors (Lipinski definition) is 4. The molecule has 0 aromatic carbocycles. The average molecular weight is 245 g/mol. The van der Waals surface area contributed by atoms with Crippen molar-refractivity contribution in [2.75, 3.05) is 13.7 Å². The van der Waals surface area contributed by atoms with Gasteiger partial charge in [-0.15, -0.1) is 0 Å². The zero-order chi connectivity index (χ0) is 13.2. The van der Waals surface area contributed by atoms with E-state index in [4.69, 9.17) is 9.47 Å². The predicted molar refractivity (Wildman–Crippen MR) is 63.8 cm³/mol. The molecule has 0 aromatic rings. The van der Waals surface area contributed by atoms with Gasteiger partial charge in [-0.2, -0.15) is 0 Å². The summed E-state index contributed by atoms with van der Waals surface area (Å²) in [5.41, 5.74) is -0.522. The lowest BCUT2D eigenvalue weighted by atomic mass is 10.1. The van der Waals surface area contributed by atoms with E-state index < -0.39 is 11.7 Å². The summed E-state index contributed by atoms with van der Waals surface area (Å²) in [6.45, 7) is 7.63. The number of hydrogen-bond donors (Lipinski definition) is 1. The molecular weight excluding hydrogens is 222 g/mol. The zero-order valence-corrected chi connectivity index (χ0v) is 11.3. The van der Waals surface area contributed by atoms with Gasteiger partial charge in [-0.25, -0.2) is 4.79 Å². The van der Waals surface area contributed by atoms with Crippen LogP contribution < -0.4 is 0 Å². The second kappa shape index (κ2) is 5.23. The zero-order valence-electron chi connectivity index (χ0n) is 11.3. The number of carbonyl (C=O) groups excluding carboxylic acids is 1. The third-order valence-electron chi connectivity index (χ3n) is 2.82. The minimum Gasteiger partial charge on any atom is -0.444 e. The lowest BCUT2D eigenvalue weighted by Gasteiger charge is -2.29. The molecule has 0 bridgehead atoms. The molecule has 1 aliphatic heterocycles. The maximum absolute atomic E-state index is 12.0. The van der Waals surface area contributed by atoms with E-state index >= 15 is 0 Å². The summed E-state index contributed by atoms with van der Waals surface area (Å²) >= 11 is 0. The quantitative estimate of drug-likeness (QED) is 0.798. The lowest BCUT2D eigenvalue weighted by Crippen LogP contribution is -2.44. The second-order valence-electron chi connectivity index (χ2n) is 5.53. The maximum Gasteiger partial charge on any atom is 0.410 e. The molecule has 5 nitrogen and oxygen atoms in total. The van der Waals surface area contributed by atoms with Gasteiger partial charge in [0.25, 0.3) is 0 Å². The molecule has 5 heteroatoms. The number of carbonyl (C=O) groups is 1. The first kappa shape index (κ1) is 14.3. The molecule has 1 amide bonds. The molecule has 1 rings (SSSR count). The van der Waals surface area contributed by atoms with Crippen molar-refractivity contribution in [3.05, 3.63) is 0 Å². The van der Waals surface area contributed by atoms with Crippen LogP contribution in [0.4, 0.5) is 4.79 Å². The van der Waals surface area contributed by atoms with Gasteiger partial charge in [0.1, 0.15) is 5.60 Å². The highest BCUT2D eigenvalue weighted by molar-refractivity contribution is 5.69. The number of nitrogens with zero attached hydrogens (tertiary/aromatic N) is 1. The Balaban J connectivity index is 2.70. The minimum absolute atomic E-state index is 0.0258. The summed E-state index contributed by atoms with van der Waals surface area (Å²) < 4.78 is 10.6. The number of likely N-dealkylation sites (tertiary alicyclic amines) is 1. The molecule has 0 radical (unpaired) electrons. The summed E-state index contributed by atoms with van der Waals surface area (Å²) in [7, 11) is 1.61. The minimum atomic E-state index is -0.581. The van der Waals surface area contributed by atoms with Crippen molar-refractivity contribution in [2.45, 2.75) is 58.0 Å². The van der Waals surface area contributed by atoms with Crippen LogP contribution in [0.2, 0.25) is 0 Å². The van der Waals surface area contributed by atoms with Crippen molar-refractivity contribution in [3.63, 3.8) is 0 Å². The van der Waals surface area contributed by atoms with Gasteiger partial charge in [0.2, 0.25) is 0 Å². The van der Waals surface area contributed by atoms with Crippen molar-refractivity contribution < 1.29 is 19.4 Å². The standard InChI is InChI=1S/C12H23NO4/c1-8(14)10-6-9(16-5)7-13(10)11(15)17-12(2,3)4/h8-10,14H,6-7H2,1-5H3. The van der Waals surface area contributed by atoms with Crippen LogP contribution in [0.5, 0.6) is 0 Å². The van der Waals surface area contributed by atoms with Crippen LogP contribution in [0.25, 0.3) is 0 Å². The summed E-state index contributed by atoms with van der Waals surface area (Å²) in [6, 6.07) is -0.227. The molecule has 1 N–H and O–H groups in total. The topological polar surface area (TPSA) is 59.0 Å². The molecule has 0 aliphatic carbocycles. The molecule has 1 fully saturated rings. The molecule has 0 aromatic heterocycles. The fraction of sp³-hybridized carbons (Fsp3) is 0.917. The van der Waals surface area contributed by atoms with Crippen molar-refractivity contribution in [1.82, 2.24) is 4.90 Å². The van der Waals surface area contributed by atoms with Gasteiger partial charge in [-0.1, -0.05) is 0 Å². The van der Waals surface area contributed by atoms with Crippen molar-refractivity contribution >= 4 is 6.09 Å². The van der Waals surface area contributed by atoms with E-state index in [1.54, 1.807) is 18.9 Å². The van der Waals surface area contributed by atoms with Gasteiger partial charge in [0.05, 0.1) is 24.8 Å². The van der Waals surface area contributed by atoms with E-state index in [9.17, 15) is 9.90 Å². The molecular formula is C12H23NO4. The molecule has 0 spiro atoms. The Labute approximate surface area is 103 Å². The van der Waals surface area contributed by atoms with Crippen LogP contribution in [0.15, 0.2) is 0 Å². The Bertz CT molecular complexity index is 272. The number of amides is 1. The molecule has 1 saturated heterocycles. The largest absolute Gasteiger partial charge is 0.444 e. The van der Waals surface area contributed by atoms with Gasteiger partial charge in [0, 0.05) is 7.11 Å². The third-order valence-corrected chi connectivity index (χ3v) is 2.82. The van der Waals surface area contributed by atoms with Gasteiger partial charge in [-0.3, -0.25) is 4.90 Å². The summed E-state index contributed by atoms with van der Waals surface area (Å²) in [5.74, 6) is 0. The molecule has 1 aliphatic rings. The predicted octanol–water partition coefficient (Wildman–Crippen LogP) is 1.39.